The molecule has 1 rings (SSSR count). The third-order valence-corrected chi connectivity index (χ3v) is 5.02. The maximum atomic E-state index is 12.9. The number of carboxylic acids is 1. The van der Waals surface area contributed by atoms with Crippen molar-refractivity contribution >= 4 is 23.7 Å². The van der Waals surface area contributed by atoms with E-state index in [1.165, 1.54) is 0 Å². The summed E-state index contributed by atoms with van der Waals surface area (Å²) in [4.78, 5) is 49.5. The number of aliphatic hydroxyl groups excluding tert-OH is 1. The zero-order valence-corrected chi connectivity index (χ0v) is 19.6. The summed E-state index contributed by atoms with van der Waals surface area (Å²) in [5.41, 5.74) is 6.57. The number of hydrogen-bond acceptors (Lipinski definition) is 6. The highest BCUT2D eigenvalue weighted by Gasteiger charge is 2.31. The molecule has 3 amide bonds. The van der Waals surface area contributed by atoms with E-state index in [9.17, 15) is 29.4 Å². The largest absolute Gasteiger partial charge is 0.480 e. The van der Waals surface area contributed by atoms with Gasteiger partial charge in [-0.1, -0.05) is 58.0 Å². The van der Waals surface area contributed by atoms with Gasteiger partial charge in [0.2, 0.25) is 17.7 Å². The minimum absolute atomic E-state index is 0.0851. The van der Waals surface area contributed by atoms with Gasteiger partial charge in [0, 0.05) is 6.42 Å². The lowest BCUT2D eigenvalue weighted by atomic mass is 10.0. The van der Waals surface area contributed by atoms with Crippen LogP contribution in [0, 0.1) is 11.8 Å². The number of nitrogens with one attached hydrogen (secondary N) is 3. The first kappa shape index (κ1) is 28.1. The summed E-state index contributed by atoms with van der Waals surface area (Å²) in [6.45, 7) is 6.41. The second kappa shape index (κ2) is 13.5. The van der Waals surface area contributed by atoms with Crippen molar-refractivity contribution in [2.75, 3.05) is 6.61 Å². The molecule has 0 saturated carbocycles. The average molecular weight is 465 g/mol. The molecular formula is C23H36N4O6. The molecule has 0 heterocycles. The second-order valence-corrected chi connectivity index (χ2v) is 8.80. The third kappa shape index (κ3) is 9.58. The van der Waals surface area contributed by atoms with E-state index in [4.69, 9.17) is 5.73 Å². The van der Waals surface area contributed by atoms with Crippen LogP contribution in [0.2, 0.25) is 0 Å². The summed E-state index contributed by atoms with van der Waals surface area (Å²) < 4.78 is 0. The van der Waals surface area contributed by atoms with E-state index in [2.05, 4.69) is 16.0 Å². The van der Waals surface area contributed by atoms with Gasteiger partial charge >= 0.3 is 5.97 Å². The Balaban J connectivity index is 3.00. The lowest BCUT2D eigenvalue weighted by Gasteiger charge is -2.25. The van der Waals surface area contributed by atoms with Crippen LogP contribution in [-0.4, -0.2) is 64.7 Å². The highest BCUT2D eigenvalue weighted by Crippen LogP contribution is 2.08. The Morgan fingerprint density at radius 2 is 1.42 bits per heavy atom. The van der Waals surface area contributed by atoms with E-state index >= 15 is 0 Å². The van der Waals surface area contributed by atoms with E-state index in [1.807, 2.05) is 13.8 Å². The number of benzene rings is 1. The van der Waals surface area contributed by atoms with Crippen LogP contribution in [0.1, 0.15) is 39.7 Å². The van der Waals surface area contributed by atoms with Crippen molar-refractivity contribution in [3.63, 3.8) is 0 Å². The molecule has 0 saturated heterocycles. The van der Waals surface area contributed by atoms with Crippen LogP contribution in [0.3, 0.4) is 0 Å². The number of carbonyl (C=O) groups is 4. The highest BCUT2D eigenvalue weighted by atomic mass is 16.4. The van der Waals surface area contributed by atoms with Crippen LogP contribution in [0.4, 0.5) is 0 Å². The van der Waals surface area contributed by atoms with Gasteiger partial charge in [-0.3, -0.25) is 14.4 Å². The number of nitrogens with two attached hydrogens (primary N) is 1. The fourth-order valence-electron chi connectivity index (χ4n) is 3.19. The van der Waals surface area contributed by atoms with Gasteiger partial charge in [0.25, 0.3) is 0 Å². The molecule has 184 valence electrons. The van der Waals surface area contributed by atoms with Gasteiger partial charge < -0.3 is 31.9 Å². The van der Waals surface area contributed by atoms with Crippen molar-refractivity contribution in [1.29, 1.82) is 0 Å². The minimum Gasteiger partial charge on any atom is -0.480 e. The maximum Gasteiger partial charge on any atom is 0.326 e. The first-order valence-corrected chi connectivity index (χ1v) is 11.0. The Bertz CT molecular complexity index is 799. The van der Waals surface area contributed by atoms with Gasteiger partial charge in [0.1, 0.15) is 18.1 Å². The lowest BCUT2D eigenvalue weighted by Crippen LogP contribution is -2.59. The predicted molar refractivity (Wildman–Crippen MR) is 123 cm³/mol. The number of amides is 3. The number of rotatable bonds is 13. The Hall–Kier alpha value is -2.98. The van der Waals surface area contributed by atoms with E-state index in [-0.39, 0.29) is 18.3 Å². The molecule has 0 aliphatic heterocycles. The number of carboxylic acid groups (broad SMARTS) is 1. The van der Waals surface area contributed by atoms with Gasteiger partial charge in [-0.2, -0.15) is 0 Å². The standard InChI is InChI=1S/C23H36N4O6/c1-13(2)10-16(24)20(29)26-18(12-28)22(31)25-17(11-15-8-6-5-7-9-15)21(30)27-19(14(3)4)23(32)33/h5-9,13-14,16-19,28H,10-12,24H2,1-4H3,(H,25,31)(H,26,29)(H,27,30)(H,32,33). The molecule has 0 aliphatic carbocycles. The fraction of sp³-hybridized carbons (Fsp3) is 0.565. The van der Waals surface area contributed by atoms with Crippen LogP contribution in [0.15, 0.2) is 30.3 Å². The van der Waals surface area contributed by atoms with Crippen molar-refractivity contribution in [2.24, 2.45) is 17.6 Å². The molecule has 10 heteroatoms. The van der Waals surface area contributed by atoms with Crippen molar-refractivity contribution in [3.8, 4) is 0 Å². The van der Waals surface area contributed by atoms with Gasteiger partial charge in [-0.05, 0) is 23.8 Å². The molecule has 0 radical (unpaired) electrons. The maximum absolute atomic E-state index is 12.9. The molecule has 7 N–H and O–H groups in total. The van der Waals surface area contributed by atoms with Gasteiger partial charge in [0.05, 0.1) is 12.6 Å². The summed E-state index contributed by atoms with van der Waals surface area (Å²) in [5.74, 6) is -3.47. The minimum atomic E-state index is -1.32. The Morgan fingerprint density at radius 3 is 1.91 bits per heavy atom. The van der Waals surface area contributed by atoms with Crippen LogP contribution in [0.25, 0.3) is 0 Å². The molecule has 0 bridgehead atoms. The summed E-state index contributed by atoms with van der Waals surface area (Å²) in [6.07, 6.45) is 0.484. The zero-order chi connectivity index (χ0) is 25.1. The normalized spacial score (nSPS) is 14.8. The summed E-state index contributed by atoms with van der Waals surface area (Å²) in [6, 6.07) is 4.43. The smallest absolute Gasteiger partial charge is 0.326 e. The predicted octanol–water partition coefficient (Wildman–Crippen LogP) is -0.210. The van der Waals surface area contributed by atoms with Gasteiger partial charge in [-0.15, -0.1) is 0 Å². The monoisotopic (exact) mass is 464 g/mol. The Labute approximate surface area is 194 Å². The SMILES string of the molecule is CC(C)CC(N)C(=O)NC(CO)C(=O)NC(Cc1ccccc1)C(=O)NC(C(=O)O)C(C)C. The average Bonchev–Trinajstić information content (AvgIpc) is 2.74. The van der Waals surface area contributed by atoms with Crippen molar-refractivity contribution in [1.82, 2.24) is 16.0 Å². The molecule has 1 aromatic carbocycles. The molecule has 0 fully saturated rings. The van der Waals surface area contributed by atoms with Crippen LogP contribution >= 0.6 is 0 Å². The van der Waals surface area contributed by atoms with Crippen molar-refractivity contribution in [2.45, 2.75) is 64.7 Å². The van der Waals surface area contributed by atoms with Crippen LogP contribution in [0.5, 0.6) is 0 Å². The highest BCUT2D eigenvalue weighted by molar-refractivity contribution is 5.94. The summed E-state index contributed by atoms with van der Waals surface area (Å²) in [5, 5.41) is 26.4. The molecule has 0 aromatic heterocycles. The first-order chi connectivity index (χ1) is 15.5. The van der Waals surface area contributed by atoms with E-state index < -0.39 is 54.5 Å². The topological polar surface area (TPSA) is 171 Å². The quantitative estimate of drug-likeness (QED) is 0.234. The van der Waals surface area contributed by atoms with Gasteiger partial charge in [0.15, 0.2) is 0 Å². The van der Waals surface area contributed by atoms with Crippen molar-refractivity contribution < 1.29 is 29.4 Å². The lowest BCUT2D eigenvalue weighted by molar-refractivity contribution is -0.143. The molecule has 1 aromatic rings. The molecule has 0 spiro atoms. The fourth-order valence-corrected chi connectivity index (χ4v) is 3.19. The summed E-state index contributed by atoms with van der Waals surface area (Å²) >= 11 is 0. The number of hydrogen-bond donors (Lipinski definition) is 6. The summed E-state index contributed by atoms with van der Waals surface area (Å²) in [7, 11) is 0. The molecule has 33 heavy (non-hydrogen) atoms. The molecular weight excluding hydrogens is 428 g/mol. The first-order valence-electron chi connectivity index (χ1n) is 11.0. The second-order valence-electron chi connectivity index (χ2n) is 8.80. The van der Waals surface area contributed by atoms with E-state index in [1.54, 1.807) is 44.2 Å². The Morgan fingerprint density at radius 1 is 0.879 bits per heavy atom. The van der Waals surface area contributed by atoms with Crippen LogP contribution in [-0.2, 0) is 25.6 Å². The molecule has 4 atom stereocenters. The molecule has 10 nitrogen and oxygen atoms in total. The number of aliphatic carboxylic acids is 1. The molecule has 0 aliphatic rings. The van der Waals surface area contributed by atoms with E-state index in [0.29, 0.717) is 6.42 Å². The third-order valence-electron chi connectivity index (χ3n) is 5.02. The van der Waals surface area contributed by atoms with E-state index in [0.717, 1.165) is 5.56 Å². The number of aliphatic hydroxyl groups is 1. The van der Waals surface area contributed by atoms with Crippen LogP contribution < -0.4 is 21.7 Å². The Kier molecular flexibility index (Phi) is 11.5. The number of carbonyl (C=O) groups excluding carboxylic acids is 3. The van der Waals surface area contributed by atoms with Gasteiger partial charge in [-0.25, -0.2) is 4.79 Å². The van der Waals surface area contributed by atoms with Crippen molar-refractivity contribution in [3.05, 3.63) is 35.9 Å². The zero-order valence-electron chi connectivity index (χ0n) is 19.6. The molecule has 4 unspecified atom stereocenters.